The maximum atomic E-state index is 12.9. The van der Waals surface area contributed by atoms with Crippen molar-refractivity contribution in [1.82, 2.24) is 0 Å². The molecule has 0 aliphatic heterocycles. The van der Waals surface area contributed by atoms with Gasteiger partial charge in [-0.05, 0) is 18.2 Å². The number of nitrogen functional groups attached to an aromatic ring is 2. The standard InChI is InChI=1S/C16H13IN2O4S/c17-3-4-24-9-5-7(19)11-13(14(9)21)16(23)10-6(18)1-2-8(20)12(10)15(11)22/h1-2,5,20-21H,3-4,18-19H2. The molecule has 8 heteroatoms. The fraction of sp³-hybridized carbons (Fsp3) is 0.125. The predicted molar refractivity (Wildman–Crippen MR) is 102 cm³/mol. The van der Waals surface area contributed by atoms with E-state index < -0.39 is 11.6 Å². The zero-order chi connectivity index (χ0) is 17.6. The molecule has 0 amide bonds. The molecule has 0 bridgehead atoms. The van der Waals surface area contributed by atoms with Crippen molar-refractivity contribution in [3.63, 3.8) is 0 Å². The molecule has 1 aliphatic rings. The van der Waals surface area contributed by atoms with Crippen molar-refractivity contribution in [3.05, 3.63) is 40.5 Å². The monoisotopic (exact) mass is 456 g/mol. The first kappa shape index (κ1) is 16.9. The van der Waals surface area contributed by atoms with Crippen LogP contribution < -0.4 is 11.5 Å². The summed E-state index contributed by atoms with van der Waals surface area (Å²) >= 11 is 3.54. The third-order valence-corrected chi connectivity index (χ3v) is 6.06. The number of aromatic hydroxyl groups is 2. The number of nitrogens with two attached hydrogens (primary N) is 2. The molecule has 0 unspecified atom stereocenters. The highest BCUT2D eigenvalue weighted by Gasteiger charge is 2.38. The third-order valence-electron chi connectivity index (χ3n) is 3.75. The zero-order valence-corrected chi connectivity index (χ0v) is 15.3. The number of hydrogen-bond acceptors (Lipinski definition) is 7. The molecule has 3 rings (SSSR count). The lowest BCUT2D eigenvalue weighted by Gasteiger charge is -2.23. The number of fused-ring (bicyclic) bond motifs is 2. The Morgan fingerprint density at radius 3 is 2.25 bits per heavy atom. The number of hydrogen-bond donors (Lipinski definition) is 4. The molecule has 124 valence electrons. The normalized spacial score (nSPS) is 12.9. The minimum Gasteiger partial charge on any atom is -0.507 e. The van der Waals surface area contributed by atoms with Crippen LogP contribution in [0.1, 0.15) is 31.8 Å². The van der Waals surface area contributed by atoms with E-state index in [-0.39, 0.29) is 45.1 Å². The third kappa shape index (κ3) is 2.40. The summed E-state index contributed by atoms with van der Waals surface area (Å²) in [6.45, 7) is 0. The topological polar surface area (TPSA) is 127 Å². The number of phenolic OH excluding ortho intramolecular Hbond substituents is 2. The van der Waals surface area contributed by atoms with Crippen LogP contribution in [0.4, 0.5) is 11.4 Å². The molecule has 0 saturated heterocycles. The van der Waals surface area contributed by atoms with Crippen LogP contribution in [0.15, 0.2) is 23.1 Å². The molecule has 0 fully saturated rings. The van der Waals surface area contributed by atoms with Crippen molar-refractivity contribution in [1.29, 1.82) is 0 Å². The second-order valence-corrected chi connectivity index (χ2v) is 7.40. The van der Waals surface area contributed by atoms with Gasteiger partial charge in [0.15, 0.2) is 0 Å². The van der Waals surface area contributed by atoms with Gasteiger partial charge in [-0.15, -0.1) is 11.8 Å². The van der Waals surface area contributed by atoms with Gasteiger partial charge in [0.05, 0.1) is 27.1 Å². The average molecular weight is 456 g/mol. The number of thioether (sulfide) groups is 1. The van der Waals surface area contributed by atoms with Gasteiger partial charge in [-0.2, -0.15) is 0 Å². The first-order chi connectivity index (χ1) is 11.4. The van der Waals surface area contributed by atoms with Gasteiger partial charge < -0.3 is 21.7 Å². The minimum atomic E-state index is -0.623. The summed E-state index contributed by atoms with van der Waals surface area (Å²) in [5, 5.41) is 20.5. The highest BCUT2D eigenvalue weighted by atomic mass is 127. The molecule has 24 heavy (non-hydrogen) atoms. The van der Waals surface area contributed by atoms with E-state index in [1.54, 1.807) is 0 Å². The number of phenols is 2. The van der Waals surface area contributed by atoms with Crippen molar-refractivity contribution >= 4 is 57.3 Å². The van der Waals surface area contributed by atoms with Crippen LogP contribution in [0.5, 0.6) is 11.5 Å². The molecule has 0 aromatic heterocycles. The van der Waals surface area contributed by atoms with Crippen LogP contribution in [-0.4, -0.2) is 32.0 Å². The minimum absolute atomic E-state index is 0.0649. The smallest absolute Gasteiger partial charge is 0.200 e. The molecule has 0 atom stereocenters. The maximum absolute atomic E-state index is 12.9. The number of rotatable bonds is 3. The number of benzene rings is 2. The summed E-state index contributed by atoms with van der Waals surface area (Å²) < 4.78 is 0.843. The van der Waals surface area contributed by atoms with E-state index in [0.717, 1.165) is 4.43 Å². The Bertz CT molecular complexity index is 898. The quantitative estimate of drug-likeness (QED) is 0.157. The van der Waals surface area contributed by atoms with Crippen molar-refractivity contribution in [2.75, 3.05) is 21.6 Å². The molecule has 6 nitrogen and oxygen atoms in total. The number of halogens is 1. The molecule has 0 heterocycles. The number of carbonyl (C=O) groups excluding carboxylic acids is 2. The largest absolute Gasteiger partial charge is 0.507 e. The first-order valence-corrected chi connectivity index (χ1v) is 9.44. The van der Waals surface area contributed by atoms with Crippen molar-refractivity contribution in [3.8, 4) is 11.5 Å². The Hall–Kier alpha value is -1.94. The van der Waals surface area contributed by atoms with Crippen LogP contribution >= 0.6 is 34.4 Å². The van der Waals surface area contributed by atoms with Crippen molar-refractivity contribution in [2.24, 2.45) is 0 Å². The molecule has 1 aliphatic carbocycles. The summed E-state index contributed by atoms with van der Waals surface area (Å²) in [6.07, 6.45) is 0. The van der Waals surface area contributed by atoms with E-state index in [4.69, 9.17) is 11.5 Å². The molecule has 2 aromatic carbocycles. The Morgan fingerprint density at radius 1 is 0.958 bits per heavy atom. The second-order valence-electron chi connectivity index (χ2n) is 5.18. The fourth-order valence-corrected chi connectivity index (χ4v) is 4.13. The number of ketones is 2. The molecular formula is C16H13IN2O4S. The SMILES string of the molecule is Nc1ccc(O)c2c1C(=O)c1c(O)c(SCCI)cc(N)c1C2=O. The highest BCUT2D eigenvalue weighted by Crippen LogP contribution is 2.44. The van der Waals surface area contributed by atoms with E-state index >= 15 is 0 Å². The van der Waals surface area contributed by atoms with Gasteiger partial charge >= 0.3 is 0 Å². The zero-order valence-electron chi connectivity index (χ0n) is 12.3. The number of carbonyl (C=O) groups is 2. The van der Waals surface area contributed by atoms with Crippen LogP contribution in [-0.2, 0) is 0 Å². The molecule has 0 radical (unpaired) electrons. The maximum Gasteiger partial charge on any atom is 0.200 e. The average Bonchev–Trinajstić information content (AvgIpc) is 2.54. The highest BCUT2D eigenvalue weighted by molar-refractivity contribution is 14.1. The Balaban J connectivity index is 2.31. The Morgan fingerprint density at radius 2 is 1.58 bits per heavy atom. The summed E-state index contributed by atoms with van der Waals surface area (Å²) in [6, 6.07) is 4.08. The lowest BCUT2D eigenvalue weighted by atomic mass is 9.81. The van der Waals surface area contributed by atoms with Gasteiger partial charge in [-0.1, -0.05) is 22.6 Å². The summed E-state index contributed by atoms with van der Waals surface area (Å²) in [4.78, 5) is 26.1. The fourth-order valence-electron chi connectivity index (χ4n) is 2.72. The second kappa shape index (κ2) is 6.17. The van der Waals surface area contributed by atoms with E-state index in [9.17, 15) is 19.8 Å². The Kier molecular flexibility index (Phi) is 4.35. The lowest BCUT2D eigenvalue weighted by Crippen LogP contribution is -2.24. The first-order valence-electron chi connectivity index (χ1n) is 6.93. The van der Waals surface area contributed by atoms with Gasteiger partial charge in [-0.3, -0.25) is 9.59 Å². The van der Waals surface area contributed by atoms with Gasteiger partial charge in [0.1, 0.15) is 11.5 Å². The van der Waals surface area contributed by atoms with E-state index in [0.29, 0.717) is 10.6 Å². The molecule has 0 spiro atoms. The summed E-state index contributed by atoms with van der Waals surface area (Å²) in [5.74, 6) is -1.14. The lowest BCUT2D eigenvalue weighted by molar-refractivity contribution is 0.0975. The Labute approximate surface area is 155 Å². The van der Waals surface area contributed by atoms with Gasteiger partial charge in [-0.25, -0.2) is 0 Å². The van der Waals surface area contributed by atoms with Crippen LogP contribution in [0.2, 0.25) is 0 Å². The van der Waals surface area contributed by atoms with Crippen LogP contribution in [0, 0.1) is 0 Å². The van der Waals surface area contributed by atoms with Crippen molar-refractivity contribution < 1.29 is 19.8 Å². The van der Waals surface area contributed by atoms with E-state index in [1.807, 2.05) is 0 Å². The summed E-state index contributed by atoms with van der Waals surface area (Å²) in [5.41, 5.74) is 11.4. The van der Waals surface area contributed by atoms with E-state index in [1.165, 1.54) is 30.0 Å². The van der Waals surface area contributed by atoms with Gasteiger partial charge in [0.25, 0.3) is 0 Å². The summed E-state index contributed by atoms with van der Waals surface area (Å²) in [7, 11) is 0. The number of alkyl halides is 1. The molecule has 0 saturated carbocycles. The van der Waals surface area contributed by atoms with Gasteiger partial charge in [0.2, 0.25) is 11.6 Å². The molecular weight excluding hydrogens is 443 g/mol. The van der Waals surface area contributed by atoms with E-state index in [2.05, 4.69) is 22.6 Å². The predicted octanol–water partition coefficient (Wildman–Crippen LogP) is 2.56. The molecule has 6 N–H and O–H groups in total. The van der Waals surface area contributed by atoms with Crippen LogP contribution in [0.3, 0.4) is 0 Å². The number of anilines is 2. The van der Waals surface area contributed by atoms with Crippen molar-refractivity contribution in [2.45, 2.75) is 4.90 Å². The van der Waals surface area contributed by atoms with Crippen LogP contribution in [0.25, 0.3) is 0 Å². The molecule has 2 aromatic rings. The van der Waals surface area contributed by atoms with Gasteiger partial charge in [0, 0.05) is 21.6 Å².